The van der Waals surface area contributed by atoms with Crippen LogP contribution in [0.1, 0.15) is 44.1 Å². The van der Waals surface area contributed by atoms with Gasteiger partial charge in [0.25, 0.3) is 0 Å². The number of carbonyl (C=O) groups excluding carboxylic acids is 2. The number of amides is 3. The van der Waals surface area contributed by atoms with Crippen molar-refractivity contribution in [1.29, 1.82) is 0 Å². The van der Waals surface area contributed by atoms with Gasteiger partial charge in [0.05, 0.1) is 0 Å². The van der Waals surface area contributed by atoms with Crippen LogP contribution in [0.4, 0.5) is 10.5 Å². The summed E-state index contributed by atoms with van der Waals surface area (Å²) >= 11 is 0. The molecule has 31 heavy (non-hydrogen) atoms. The summed E-state index contributed by atoms with van der Waals surface area (Å²) in [7, 11) is 0. The molecule has 1 unspecified atom stereocenters. The second kappa shape index (κ2) is 10.2. The smallest absolute Gasteiger partial charge is 0.317 e. The highest BCUT2D eigenvalue weighted by atomic mass is 16.2. The number of nitrogens with one attached hydrogen (secondary N) is 1. The Kier molecular flexibility index (Phi) is 7.15. The number of likely N-dealkylation sites (tertiary alicyclic amines) is 1. The van der Waals surface area contributed by atoms with Crippen molar-refractivity contribution in [2.24, 2.45) is 5.92 Å². The number of hydrogen-bond acceptors (Lipinski definition) is 3. The molecular formula is C25H36N4O2. The van der Waals surface area contributed by atoms with Gasteiger partial charge in [-0.2, -0.15) is 0 Å². The standard InChI is InChI=1S/C25H36N4O2/c1-20-7-2-5-10-23(20)27-15-17-28(18-16-27)24(30)11-6-13-26-25(31)29-14-12-21-8-3-4-9-22(21)19-29/h2,5,7,9-10,21H,3-4,6,8,11-19H2,1H3,(H,26,31). The van der Waals surface area contributed by atoms with E-state index in [9.17, 15) is 9.59 Å². The Morgan fingerprint density at radius 2 is 1.84 bits per heavy atom. The molecule has 0 radical (unpaired) electrons. The van der Waals surface area contributed by atoms with E-state index in [2.05, 4.69) is 47.5 Å². The van der Waals surface area contributed by atoms with E-state index >= 15 is 0 Å². The van der Waals surface area contributed by atoms with E-state index in [1.54, 1.807) is 0 Å². The lowest BCUT2D eigenvalue weighted by molar-refractivity contribution is -0.131. The molecule has 168 valence electrons. The van der Waals surface area contributed by atoms with Crippen molar-refractivity contribution >= 4 is 17.6 Å². The van der Waals surface area contributed by atoms with Gasteiger partial charge in [0.15, 0.2) is 0 Å². The molecule has 2 saturated heterocycles. The number of rotatable bonds is 5. The topological polar surface area (TPSA) is 55.9 Å². The predicted molar refractivity (Wildman–Crippen MR) is 124 cm³/mol. The fourth-order valence-electron chi connectivity index (χ4n) is 5.13. The molecule has 0 aromatic heterocycles. The van der Waals surface area contributed by atoms with Crippen LogP contribution >= 0.6 is 0 Å². The summed E-state index contributed by atoms with van der Waals surface area (Å²) in [5.74, 6) is 0.897. The Hall–Kier alpha value is -2.50. The van der Waals surface area contributed by atoms with Gasteiger partial charge in [0.2, 0.25) is 5.91 Å². The van der Waals surface area contributed by atoms with Gasteiger partial charge in [-0.15, -0.1) is 0 Å². The third-order valence-electron chi connectivity index (χ3n) is 7.03. The lowest BCUT2D eigenvalue weighted by Gasteiger charge is -2.37. The summed E-state index contributed by atoms with van der Waals surface area (Å²) in [4.78, 5) is 31.4. The Morgan fingerprint density at radius 3 is 2.65 bits per heavy atom. The number of aryl methyl sites for hydroxylation is 1. The first-order valence-electron chi connectivity index (χ1n) is 11.9. The van der Waals surface area contributed by atoms with Crippen molar-refractivity contribution in [2.45, 2.75) is 45.4 Å². The maximum Gasteiger partial charge on any atom is 0.317 e. The van der Waals surface area contributed by atoms with Gasteiger partial charge < -0.3 is 20.0 Å². The fraction of sp³-hybridized carbons (Fsp3) is 0.600. The third-order valence-corrected chi connectivity index (χ3v) is 7.03. The second-order valence-corrected chi connectivity index (χ2v) is 9.11. The van der Waals surface area contributed by atoms with E-state index in [4.69, 9.17) is 0 Å². The number of piperidine rings is 1. The van der Waals surface area contributed by atoms with Gasteiger partial charge in [-0.1, -0.05) is 29.8 Å². The zero-order valence-corrected chi connectivity index (χ0v) is 18.8. The average Bonchev–Trinajstić information content (AvgIpc) is 2.81. The van der Waals surface area contributed by atoms with Crippen LogP contribution in [0, 0.1) is 12.8 Å². The summed E-state index contributed by atoms with van der Waals surface area (Å²) in [5, 5.41) is 3.02. The Bertz CT molecular complexity index is 813. The van der Waals surface area contributed by atoms with Crippen molar-refractivity contribution in [3.8, 4) is 0 Å². The van der Waals surface area contributed by atoms with E-state index in [0.717, 1.165) is 52.1 Å². The van der Waals surface area contributed by atoms with Gasteiger partial charge in [-0.05, 0) is 56.6 Å². The molecule has 4 rings (SSSR count). The summed E-state index contributed by atoms with van der Waals surface area (Å²) in [6, 6.07) is 8.44. The number of carbonyl (C=O) groups is 2. The first kappa shape index (κ1) is 21.7. The van der Waals surface area contributed by atoms with Gasteiger partial charge >= 0.3 is 6.03 Å². The number of urea groups is 1. The zero-order chi connectivity index (χ0) is 21.6. The van der Waals surface area contributed by atoms with Gasteiger partial charge in [-0.25, -0.2) is 4.79 Å². The minimum atomic E-state index is 0.0178. The zero-order valence-electron chi connectivity index (χ0n) is 18.8. The molecule has 2 heterocycles. The molecule has 6 heteroatoms. The van der Waals surface area contributed by atoms with Crippen LogP contribution in [0.15, 0.2) is 35.9 Å². The lowest BCUT2D eigenvalue weighted by Crippen LogP contribution is -2.49. The van der Waals surface area contributed by atoms with Crippen molar-refractivity contribution in [1.82, 2.24) is 15.1 Å². The molecule has 1 atom stereocenters. The highest BCUT2D eigenvalue weighted by Gasteiger charge is 2.28. The van der Waals surface area contributed by atoms with Crippen molar-refractivity contribution in [2.75, 3.05) is 50.7 Å². The second-order valence-electron chi connectivity index (χ2n) is 9.11. The first-order valence-corrected chi connectivity index (χ1v) is 11.9. The molecule has 6 nitrogen and oxygen atoms in total. The van der Waals surface area contributed by atoms with Crippen LogP contribution in [0.3, 0.4) is 0 Å². The van der Waals surface area contributed by atoms with E-state index in [1.807, 2.05) is 9.80 Å². The Balaban J connectivity index is 1.14. The molecule has 3 amide bonds. The van der Waals surface area contributed by atoms with Crippen LogP contribution in [-0.2, 0) is 4.79 Å². The molecule has 1 aliphatic carbocycles. The number of para-hydroxylation sites is 1. The largest absolute Gasteiger partial charge is 0.368 e. The van der Waals surface area contributed by atoms with Gasteiger partial charge in [0.1, 0.15) is 0 Å². The van der Waals surface area contributed by atoms with Crippen molar-refractivity contribution in [3.05, 3.63) is 41.5 Å². The number of piperazine rings is 1. The molecule has 0 bridgehead atoms. The highest BCUT2D eigenvalue weighted by molar-refractivity contribution is 5.77. The summed E-state index contributed by atoms with van der Waals surface area (Å²) in [6.07, 6.45) is 8.34. The van der Waals surface area contributed by atoms with Crippen molar-refractivity contribution < 1.29 is 9.59 Å². The maximum absolute atomic E-state index is 12.6. The number of fused-ring (bicyclic) bond motifs is 1. The molecular weight excluding hydrogens is 388 g/mol. The van der Waals surface area contributed by atoms with Crippen molar-refractivity contribution in [3.63, 3.8) is 0 Å². The predicted octanol–water partition coefficient (Wildman–Crippen LogP) is 3.57. The third kappa shape index (κ3) is 5.41. The van der Waals surface area contributed by atoms with E-state index in [1.165, 1.54) is 29.7 Å². The SMILES string of the molecule is Cc1ccccc1N1CCN(C(=O)CCCNC(=O)N2CCC3CCCC=C3C2)CC1. The molecule has 0 saturated carbocycles. The van der Waals surface area contributed by atoms with Crippen LogP contribution in [0.5, 0.6) is 0 Å². The van der Waals surface area contributed by atoms with Gasteiger partial charge in [0, 0.05) is 57.9 Å². The number of nitrogens with zero attached hydrogens (tertiary/aromatic N) is 3. The normalized spacial score (nSPS) is 21.4. The lowest BCUT2D eigenvalue weighted by atomic mass is 9.82. The van der Waals surface area contributed by atoms with Crippen LogP contribution < -0.4 is 10.2 Å². The number of hydrogen-bond donors (Lipinski definition) is 1. The Labute approximate surface area is 186 Å². The number of allylic oxidation sites excluding steroid dienone is 1. The molecule has 1 aromatic rings. The van der Waals surface area contributed by atoms with Gasteiger partial charge in [-0.3, -0.25) is 4.79 Å². The summed E-state index contributed by atoms with van der Waals surface area (Å²) in [5.41, 5.74) is 4.00. The highest BCUT2D eigenvalue weighted by Crippen LogP contribution is 2.31. The Morgan fingerprint density at radius 1 is 1.03 bits per heavy atom. The molecule has 2 fully saturated rings. The molecule has 1 N–H and O–H groups in total. The number of anilines is 1. The number of benzene rings is 1. The average molecular weight is 425 g/mol. The summed E-state index contributed by atoms with van der Waals surface area (Å²) < 4.78 is 0. The first-order chi connectivity index (χ1) is 15.1. The quantitative estimate of drug-likeness (QED) is 0.581. The minimum Gasteiger partial charge on any atom is -0.368 e. The van der Waals surface area contributed by atoms with E-state index in [-0.39, 0.29) is 11.9 Å². The van der Waals surface area contributed by atoms with Crippen LogP contribution in [0.2, 0.25) is 0 Å². The molecule has 3 aliphatic rings. The maximum atomic E-state index is 12.6. The molecule has 0 spiro atoms. The van der Waals surface area contributed by atoms with E-state index < -0.39 is 0 Å². The van der Waals surface area contributed by atoms with Crippen LogP contribution in [0.25, 0.3) is 0 Å². The summed E-state index contributed by atoms with van der Waals surface area (Å²) in [6.45, 7) is 7.60. The van der Waals surface area contributed by atoms with E-state index in [0.29, 0.717) is 25.3 Å². The van der Waals surface area contributed by atoms with Crippen LogP contribution in [-0.4, -0.2) is 67.6 Å². The fourth-order valence-corrected chi connectivity index (χ4v) is 5.13. The molecule has 2 aliphatic heterocycles. The molecule has 1 aromatic carbocycles. The monoisotopic (exact) mass is 424 g/mol. The minimum absolute atomic E-state index is 0.0178.